The Morgan fingerprint density at radius 2 is 1.91 bits per heavy atom. The second kappa shape index (κ2) is 6.21. The Bertz CT molecular complexity index is 883. The second-order valence-electron chi connectivity index (χ2n) is 4.44. The predicted molar refractivity (Wildman–Crippen MR) is 87.2 cm³/mol. The fourth-order valence-corrected chi connectivity index (χ4v) is 2.29. The minimum absolute atomic E-state index is 0.297. The number of nitrogens with one attached hydrogen (secondary N) is 1. The number of halogens is 2. The summed E-state index contributed by atoms with van der Waals surface area (Å²) in [6.07, 6.45) is 1.57. The number of benzene rings is 2. The van der Waals surface area contributed by atoms with Crippen LogP contribution < -0.4 is 0 Å². The molecule has 0 saturated heterocycles. The lowest BCUT2D eigenvalue weighted by Gasteiger charge is -2.02. The van der Waals surface area contributed by atoms with Crippen molar-refractivity contribution in [1.29, 1.82) is 0 Å². The SMILES string of the molecule is Fc1ccc(C=Nn2c(-c3ccccc3Cl)n[nH]c2=S)cc1. The van der Waals surface area contributed by atoms with Gasteiger partial charge in [-0.05, 0) is 42.0 Å². The zero-order chi connectivity index (χ0) is 15.5. The van der Waals surface area contributed by atoms with Crippen LogP contribution in [0, 0.1) is 10.6 Å². The molecule has 22 heavy (non-hydrogen) atoms. The van der Waals surface area contributed by atoms with Gasteiger partial charge in [-0.1, -0.05) is 35.9 Å². The maximum absolute atomic E-state index is 12.9. The molecule has 0 atom stereocenters. The fourth-order valence-electron chi connectivity index (χ4n) is 1.89. The van der Waals surface area contributed by atoms with Crippen molar-refractivity contribution in [1.82, 2.24) is 14.9 Å². The molecule has 0 aliphatic heterocycles. The van der Waals surface area contributed by atoms with Crippen LogP contribution in [0.25, 0.3) is 11.4 Å². The number of H-pyrrole nitrogens is 1. The highest BCUT2D eigenvalue weighted by Crippen LogP contribution is 2.25. The summed E-state index contributed by atoms with van der Waals surface area (Å²) in [5, 5.41) is 11.7. The first-order chi connectivity index (χ1) is 10.6. The van der Waals surface area contributed by atoms with E-state index in [-0.39, 0.29) is 5.82 Å². The van der Waals surface area contributed by atoms with E-state index >= 15 is 0 Å². The molecule has 1 aromatic heterocycles. The van der Waals surface area contributed by atoms with Gasteiger partial charge in [0.1, 0.15) is 5.82 Å². The monoisotopic (exact) mass is 332 g/mol. The molecule has 4 nitrogen and oxygen atoms in total. The van der Waals surface area contributed by atoms with E-state index in [4.69, 9.17) is 23.8 Å². The van der Waals surface area contributed by atoms with Crippen molar-refractivity contribution >= 4 is 30.0 Å². The lowest BCUT2D eigenvalue weighted by Crippen LogP contribution is -1.95. The number of aromatic amines is 1. The maximum atomic E-state index is 12.9. The van der Waals surface area contributed by atoms with Crippen LogP contribution in [-0.2, 0) is 0 Å². The summed E-state index contributed by atoms with van der Waals surface area (Å²) >= 11 is 11.4. The summed E-state index contributed by atoms with van der Waals surface area (Å²) in [6, 6.07) is 13.3. The molecule has 3 rings (SSSR count). The van der Waals surface area contributed by atoms with Crippen LogP contribution in [0.3, 0.4) is 0 Å². The van der Waals surface area contributed by atoms with Crippen molar-refractivity contribution in [2.45, 2.75) is 0 Å². The molecule has 3 aromatic rings. The van der Waals surface area contributed by atoms with Gasteiger partial charge in [0.2, 0.25) is 4.77 Å². The maximum Gasteiger partial charge on any atom is 0.216 e. The third kappa shape index (κ3) is 2.98. The van der Waals surface area contributed by atoms with E-state index in [1.54, 1.807) is 24.4 Å². The molecule has 0 aliphatic carbocycles. The van der Waals surface area contributed by atoms with E-state index < -0.39 is 0 Å². The average molecular weight is 333 g/mol. The predicted octanol–water partition coefficient (Wildman–Crippen LogP) is 4.28. The van der Waals surface area contributed by atoms with Gasteiger partial charge in [-0.15, -0.1) is 0 Å². The molecule has 0 fully saturated rings. The number of aromatic nitrogens is 3. The van der Waals surface area contributed by atoms with Crippen LogP contribution in [0.5, 0.6) is 0 Å². The van der Waals surface area contributed by atoms with Gasteiger partial charge in [-0.25, -0.2) is 9.49 Å². The van der Waals surface area contributed by atoms with Crippen LogP contribution in [0.4, 0.5) is 4.39 Å². The molecule has 2 aromatic carbocycles. The third-order valence-electron chi connectivity index (χ3n) is 2.96. The summed E-state index contributed by atoms with van der Waals surface area (Å²) in [4.78, 5) is 0. The number of nitrogens with zero attached hydrogens (tertiary/aromatic N) is 3. The van der Waals surface area contributed by atoms with Crippen LogP contribution in [-0.4, -0.2) is 21.1 Å². The van der Waals surface area contributed by atoms with Gasteiger partial charge in [0.05, 0.1) is 11.2 Å². The molecule has 110 valence electrons. The van der Waals surface area contributed by atoms with Crippen molar-refractivity contribution in [2.24, 2.45) is 5.10 Å². The molecule has 0 aliphatic rings. The fraction of sp³-hybridized carbons (Fsp3) is 0. The van der Waals surface area contributed by atoms with Gasteiger partial charge in [-0.3, -0.25) is 0 Å². The van der Waals surface area contributed by atoms with Crippen molar-refractivity contribution in [3.63, 3.8) is 0 Å². The van der Waals surface area contributed by atoms with Crippen molar-refractivity contribution in [3.05, 3.63) is 69.7 Å². The largest absolute Gasteiger partial charge is 0.250 e. The molecular weight excluding hydrogens is 323 g/mol. The van der Waals surface area contributed by atoms with Crippen LogP contribution in [0.1, 0.15) is 5.56 Å². The van der Waals surface area contributed by atoms with Crippen molar-refractivity contribution < 1.29 is 4.39 Å². The van der Waals surface area contributed by atoms with Gasteiger partial charge in [0.15, 0.2) is 5.82 Å². The number of hydrogen-bond acceptors (Lipinski definition) is 3. The van der Waals surface area contributed by atoms with Crippen LogP contribution >= 0.6 is 23.8 Å². The van der Waals surface area contributed by atoms with Gasteiger partial charge in [-0.2, -0.15) is 14.9 Å². The Hall–Kier alpha value is -2.31. The number of hydrogen-bond donors (Lipinski definition) is 1. The van der Waals surface area contributed by atoms with Gasteiger partial charge < -0.3 is 0 Å². The minimum Gasteiger partial charge on any atom is -0.250 e. The standard InChI is InChI=1S/C15H10ClFN4S/c16-13-4-2-1-3-12(13)14-19-20-15(22)21(14)18-9-10-5-7-11(17)8-6-10/h1-9H,(H,20,22). The molecule has 7 heteroatoms. The summed E-state index contributed by atoms with van der Waals surface area (Å²) in [5.41, 5.74) is 1.46. The Morgan fingerprint density at radius 1 is 1.18 bits per heavy atom. The lowest BCUT2D eigenvalue weighted by atomic mass is 10.2. The average Bonchev–Trinajstić information content (AvgIpc) is 2.88. The molecule has 0 bridgehead atoms. The molecule has 0 amide bonds. The van der Waals surface area contributed by atoms with E-state index in [2.05, 4.69) is 15.3 Å². The minimum atomic E-state index is -0.297. The Morgan fingerprint density at radius 3 is 2.64 bits per heavy atom. The molecule has 0 spiro atoms. The highest BCUT2D eigenvalue weighted by atomic mass is 35.5. The number of rotatable bonds is 3. The second-order valence-corrected chi connectivity index (χ2v) is 5.23. The Labute approximate surface area is 135 Å². The highest BCUT2D eigenvalue weighted by molar-refractivity contribution is 7.71. The van der Waals surface area contributed by atoms with E-state index in [1.807, 2.05) is 18.2 Å². The zero-order valence-corrected chi connectivity index (χ0v) is 12.8. The molecule has 1 N–H and O–H groups in total. The van der Waals surface area contributed by atoms with Gasteiger partial charge >= 0.3 is 0 Å². The molecule has 0 saturated carbocycles. The first kappa shape index (κ1) is 14.6. The lowest BCUT2D eigenvalue weighted by molar-refractivity contribution is 0.628. The van der Waals surface area contributed by atoms with Crippen LogP contribution in [0.15, 0.2) is 53.6 Å². The quantitative estimate of drug-likeness (QED) is 0.574. The zero-order valence-electron chi connectivity index (χ0n) is 11.2. The van der Waals surface area contributed by atoms with Crippen molar-refractivity contribution in [3.8, 4) is 11.4 Å². The summed E-state index contributed by atoms with van der Waals surface area (Å²) in [7, 11) is 0. The topological polar surface area (TPSA) is 46.0 Å². The normalized spacial score (nSPS) is 11.2. The Kier molecular flexibility index (Phi) is 4.13. The summed E-state index contributed by atoms with van der Waals surface area (Å²) < 4.78 is 14.7. The first-order valence-corrected chi connectivity index (χ1v) is 7.16. The van der Waals surface area contributed by atoms with Gasteiger partial charge in [0, 0.05) is 5.56 Å². The smallest absolute Gasteiger partial charge is 0.216 e. The molecule has 1 heterocycles. The van der Waals surface area contributed by atoms with Crippen molar-refractivity contribution in [2.75, 3.05) is 0 Å². The summed E-state index contributed by atoms with van der Waals surface area (Å²) in [6.45, 7) is 0. The van der Waals surface area contributed by atoms with E-state index in [0.717, 1.165) is 5.56 Å². The molecule has 0 radical (unpaired) electrons. The first-order valence-electron chi connectivity index (χ1n) is 6.37. The highest BCUT2D eigenvalue weighted by Gasteiger charge is 2.11. The van der Waals surface area contributed by atoms with Crippen LogP contribution in [0.2, 0.25) is 5.02 Å². The summed E-state index contributed by atoms with van der Waals surface area (Å²) in [5.74, 6) is 0.211. The van der Waals surface area contributed by atoms with Gasteiger partial charge in [0.25, 0.3) is 0 Å². The molecule has 0 unspecified atom stereocenters. The van der Waals surface area contributed by atoms with E-state index in [1.165, 1.54) is 16.8 Å². The molecular formula is C15H10ClFN4S. The third-order valence-corrected chi connectivity index (χ3v) is 3.55. The van der Waals surface area contributed by atoms with E-state index in [9.17, 15) is 4.39 Å². The Balaban J connectivity index is 2.02. The van der Waals surface area contributed by atoms with E-state index in [0.29, 0.717) is 21.2 Å².